The van der Waals surface area contributed by atoms with Crippen molar-refractivity contribution >= 4 is 17.7 Å². The molecule has 0 radical (unpaired) electrons. The summed E-state index contributed by atoms with van der Waals surface area (Å²) in [4.78, 5) is 38.9. The molecule has 2 heterocycles. The lowest BCUT2D eigenvalue weighted by atomic mass is 10.1. The SMILES string of the molecule is COCCCN1C(=O)c2ccc(C(=O)NCc3ccc(-n4cccn4)cc3)cc2C1=O. The fraction of sp³-hybridized carbons (Fsp3) is 0.217. The highest BCUT2D eigenvalue weighted by Gasteiger charge is 2.35. The molecule has 4 rings (SSSR count). The first-order valence-corrected chi connectivity index (χ1v) is 9.95. The van der Waals surface area contributed by atoms with E-state index in [0.717, 1.165) is 11.3 Å². The summed E-state index contributed by atoms with van der Waals surface area (Å²) in [6.07, 6.45) is 4.13. The van der Waals surface area contributed by atoms with Crippen molar-refractivity contribution in [3.8, 4) is 5.69 Å². The minimum atomic E-state index is -0.375. The molecule has 8 nitrogen and oxygen atoms in total. The van der Waals surface area contributed by atoms with Gasteiger partial charge in [0.25, 0.3) is 17.7 Å². The Labute approximate surface area is 179 Å². The molecule has 1 N–H and O–H groups in total. The van der Waals surface area contributed by atoms with Crippen LogP contribution in [0, 0.1) is 0 Å². The predicted molar refractivity (Wildman–Crippen MR) is 113 cm³/mol. The van der Waals surface area contributed by atoms with E-state index in [4.69, 9.17) is 4.74 Å². The summed E-state index contributed by atoms with van der Waals surface area (Å²) in [5.74, 6) is -1.02. The summed E-state index contributed by atoms with van der Waals surface area (Å²) in [6, 6.07) is 14.1. The molecule has 1 aliphatic rings. The zero-order chi connectivity index (χ0) is 21.8. The summed E-state index contributed by atoms with van der Waals surface area (Å²) in [5.41, 5.74) is 2.79. The number of rotatable bonds is 8. The van der Waals surface area contributed by atoms with Gasteiger partial charge in [0.2, 0.25) is 0 Å². The maximum absolute atomic E-state index is 12.6. The molecule has 0 aliphatic carbocycles. The minimum absolute atomic E-state index is 0.263. The number of benzene rings is 2. The van der Waals surface area contributed by atoms with E-state index in [9.17, 15) is 14.4 Å². The van der Waals surface area contributed by atoms with Crippen LogP contribution in [0.2, 0.25) is 0 Å². The van der Waals surface area contributed by atoms with Gasteiger partial charge in [-0.05, 0) is 48.4 Å². The molecule has 8 heteroatoms. The first-order valence-electron chi connectivity index (χ1n) is 9.95. The molecular formula is C23H22N4O4. The molecule has 3 aromatic rings. The number of nitrogens with zero attached hydrogens (tertiary/aromatic N) is 3. The lowest BCUT2D eigenvalue weighted by Gasteiger charge is -2.12. The highest BCUT2D eigenvalue weighted by molar-refractivity contribution is 6.22. The van der Waals surface area contributed by atoms with Gasteiger partial charge in [-0.15, -0.1) is 0 Å². The van der Waals surface area contributed by atoms with Crippen LogP contribution >= 0.6 is 0 Å². The Morgan fingerprint density at radius 3 is 2.55 bits per heavy atom. The highest BCUT2D eigenvalue weighted by Crippen LogP contribution is 2.24. The van der Waals surface area contributed by atoms with Gasteiger partial charge < -0.3 is 10.1 Å². The Kier molecular flexibility index (Phi) is 5.90. The maximum atomic E-state index is 12.6. The van der Waals surface area contributed by atoms with Crippen molar-refractivity contribution in [1.82, 2.24) is 20.0 Å². The second-order valence-corrected chi connectivity index (χ2v) is 7.17. The van der Waals surface area contributed by atoms with E-state index >= 15 is 0 Å². The van der Waals surface area contributed by atoms with Crippen molar-refractivity contribution in [2.24, 2.45) is 0 Å². The van der Waals surface area contributed by atoms with Crippen LogP contribution in [0.3, 0.4) is 0 Å². The minimum Gasteiger partial charge on any atom is -0.385 e. The molecule has 0 atom stereocenters. The third kappa shape index (κ3) is 4.24. The maximum Gasteiger partial charge on any atom is 0.261 e. The number of amides is 3. The van der Waals surface area contributed by atoms with Gasteiger partial charge in [-0.3, -0.25) is 19.3 Å². The van der Waals surface area contributed by atoms with Crippen LogP contribution in [0.15, 0.2) is 60.9 Å². The Morgan fingerprint density at radius 1 is 1.06 bits per heavy atom. The fourth-order valence-corrected chi connectivity index (χ4v) is 3.47. The van der Waals surface area contributed by atoms with Crippen molar-refractivity contribution < 1.29 is 19.1 Å². The number of imide groups is 1. The summed E-state index contributed by atoms with van der Waals surface area (Å²) >= 11 is 0. The van der Waals surface area contributed by atoms with E-state index in [1.165, 1.54) is 11.0 Å². The van der Waals surface area contributed by atoms with Crippen molar-refractivity contribution in [3.63, 3.8) is 0 Å². The third-order valence-electron chi connectivity index (χ3n) is 5.12. The molecule has 0 saturated heterocycles. The molecule has 0 spiro atoms. The average molecular weight is 418 g/mol. The number of hydrogen-bond acceptors (Lipinski definition) is 5. The van der Waals surface area contributed by atoms with Crippen LogP contribution in [0.25, 0.3) is 5.69 Å². The van der Waals surface area contributed by atoms with Gasteiger partial charge >= 0.3 is 0 Å². The van der Waals surface area contributed by atoms with Gasteiger partial charge in [0, 0.05) is 44.8 Å². The van der Waals surface area contributed by atoms with Gasteiger partial charge in [0.15, 0.2) is 0 Å². The molecule has 0 bridgehead atoms. The van der Waals surface area contributed by atoms with Crippen LogP contribution in [0.4, 0.5) is 0 Å². The number of nitrogens with one attached hydrogen (secondary N) is 1. The standard InChI is InChI=1S/C23H22N4O4/c1-31-13-3-11-26-22(29)19-9-6-17(14-20(19)23(26)30)21(28)24-15-16-4-7-18(8-5-16)27-12-2-10-25-27/h2,4-10,12,14H,3,11,13,15H2,1H3,(H,24,28). The molecule has 0 saturated carbocycles. The Bertz CT molecular complexity index is 1110. The van der Waals surface area contributed by atoms with E-state index < -0.39 is 0 Å². The molecule has 0 fully saturated rings. The van der Waals surface area contributed by atoms with E-state index in [1.54, 1.807) is 30.1 Å². The molecular weight excluding hydrogens is 396 g/mol. The van der Waals surface area contributed by atoms with Crippen molar-refractivity contribution in [2.45, 2.75) is 13.0 Å². The Hall–Kier alpha value is -3.78. The summed E-state index contributed by atoms with van der Waals surface area (Å²) in [5, 5.41) is 7.03. The topological polar surface area (TPSA) is 93.5 Å². The van der Waals surface area contributed by atoms with Crippen LogP contribution in [0.5, 0.6) is 0 Å². The van der Waals surface area contributed by atoms with Gasteiger partial charge in [0.05, 0.1) is 16.8 Å². The van der Waals surface area contributed by atoms with Crippen molar-refractivity contribution in [1.29, 1.82) is 0 Å². The number of carbonyl (C=O) groups excluding carboxylic acids is 3. The van der Waals surface area contributed by atoms with E-state index in [1.807, 2.05) is 36.5 Å². The van der Waals surface area contributed by atoms with Crippen molar-refractivity contribution in [2.75, 3.05) is 20.3 Å². The first-order chi connectivity index (χ1) is 15.1. The molecule has 2 aromatic carbocycles. The van der Waals surface area contributed by atoms with Crippen molar-refractivity contribution in [3.05, 3.63) is 83.2 Å². The summed E-state index contributed by atoms with van der Waals surface area (Å²) < 4.78 is 6.74. The van der Waals surface area contributed by atoms with Gasteiger partial charge in [-0.1, -0.05) is 12.1 Å². The number of aromatic nitrogens is 2. The summed E-state index contributed by atoms with van der Waals surface area (Å²) in [7, 11) is 1.57. The zero-order valence-electron chi connectivity index (χ0n) is 17.1. The Balaban J connectivity index is 1.40. The highest BCUT2D eigenvalue weighted by atomic mass is 16.5. The Morgan fingerprint density at radius 2 is 1.84 bits per heavy atom. The molecule has 1 aromatic heterocycles. The third-order valence-corrected chi connectivity index (χ3v) is 5.12. The van der Waals surface area contributed by atoms with Crippen LogP contribution in [-0.2, 0) is 11.3 Å². The van der Waals surface area contributed by atoms with E-state index in [0.29, 0.717) is 30.7 Å². The number of ether oxygens (including phenoxy) is 1. The largest absolute Gasteiger partial charge is 0.385 e. The van der Waals surface area contributed by atoms with Gasteiger partial charge in [-0.2, -0.15) is 5.10 Å². The number of hydrogen-bond donors (Lipinski definition) is 1. The van der Waals surface area contributed by atoms with Crippen LogP contribution < -0.4 is 5.32 Å². The molecule has 3 amide bonds. The predicted octanol–water partition coefficient (Wildman–Crippen LogP) is 2.43. The quantitative estimate of drug-likeness (QED) is 0.448. The first kappa shape index (κ1) is 20.5. The fourth-order valence-electron chi connectivity index (χ4n) is 3.47. The molecule has 158 valence electrons. The smallest absolute Gasteiger partial charge is 0.261 e. The monoisotopic (exact) mass is 418 g/mol. The second-order valence-electron chi connectivity index (χ2n) is 7.17. The normalized spacial score (nSPS) is 12.9. The lowest BCUT2D eigenvalue weighted by molar-refractivity contribution is 0.0638. The van der Waals surface area contributed by atoms with E-state index in [-0.39, 0.29) is 29.8 Å². The molecule has 1 aliphatic heterocycles. The van der Waals surface area contributed by atoms with Gasteiger partial charge in [0.1, 0.15) is 0 Å². The average Bonchev–Trinajstić information content (AvgIpc) is 3.41. The van der Waals surface area contributed by atoms with E-state index in [2.05, 4.69) is 10.4 Å². The summed E-state index contributed by atoms with van der Waals surface area (Å²) in [6.45, 7) is 1.09. The van der Waals surface area contributed by atoms with Crippen LogP contribution in [-0.4, -0.2) is 52.7 Å². The molecule has 0 unspecified atom stereocenters. The molecule has 31 heavy (non-hydrogen) atoms. The number of methoxy groups -OCH3 is 1. The zero-order valence-corrected chi connectivity index (χ0v) is 17.1. The van der Waals surface area contributed by atoms with Crippen LogP contribution in [0.1, 0.15) is 43.1 Å². The second kappa shape index (κ2) is 8.93. The number of carbonyl (C=O) groups is 3. The van der Waals surface area contributed by atoms with Gasteiger partial charge in [-0.25, -0.2) is 4.68 Å². The number of fused-ring (bicyclic) bond motifs is 1. The lowest BCUT2D eigenvalue weighted by Crippen LogP contribution is -2.31.